The number of nitro groups is 1. The Morgan fingerprint density at radius 3 is 2.61 bits per heavy atom. The van der Waals surface area contributed by atoms with E-state index in [1.54, 1.807) is 17.0 Å². The minimum Gasteiger partial charge on any atom is -0.362 e. The minimum absolute atomic E-state index is 0.0131. The third-order valence-electron chi connectivity index (χ3n) is 4.98. The molecule has 1 amide bonds. The number of aromatic nitrogens is 1. The van der Waals surface area contributed by atoms with Crippen molar-refractivity contribution in [2.24, 2.45) is 0 Å². The van der Waals surface area contributed by atoms with Crippen LogP contribution in [-0.2, 0) is 4.79 Å². The third-order valence-corrected chi connectivity index (χ3v) is 7.22. The first-order valence-electron chi connectivity index (χ1n) is 9.61. The summed E-state index contributed by atoms with van der Waals surface area (Å²) in [6.45, 7) is 2.11. The van der Waals surface area contributed by atoms with Crippen molar-refractivity contribution >= 4 is 52.0 Å². The topological polar surface area (TPSA) is 79.6 Å². The highest BCUT2D eigenvalue weighted by Crippen LogP contribution is 2.32. The summed E-state index contributed by atoms with van der Waals surface area (Å²) < 4.78 is 0.864. The fraction of sp³-hybridized carbons (Fsp3) is 0.238. The quantitative estimate of drug-likeness (QED) is 0.289. The number of piperazine rings is 1. The molecule has 1 aliphatic rings. The second-order valence-corrected chi connectivity index (χ2v) is 9.43. The smallest absolute Gasteiger partial charge is 0.294 e. The molecule has 0 bridgehead atoms. The normalized spacial score (nSPS) is 14.0. The van der Waals surface area contributed by atoms with E-state index in [9.17, 15) is 14.9 Å². The van der Waals surface area contributed by atoms with Crippen LogP contribution in [0.1, 0.15) is 0 Å². The van der Waals surface area contributed by atoms with Crippen molar-refractivity contribution in [3.8, 4) is 11.3 Å². The number of thiazole rings is 1. The number of thioether (sulfide) groups is 1. The zero-order chi connectivity index (χ0) is 21.8. The van der Waals surface area contributed by atoms with E-state index in [4.69, 9.17) is 11.6 Å². The van der Waals surface area contributed by atoms with Crippen LogP contribution in [0.25, 0.3) is 11.3 Å². The predicted octanol–water partition coefficient (Wildman–Crippen LogP) is 4.81. The molecular weight excluding hydrogens is 456 g/mol. The Balaban J connectivity index is 1.31. The van der Waals surface area contributed by atoms with Gasteiger partial charge in [0.1, 0.15) is 5.69 Å². The van der Waals surface area contributed by atoms with Crippen LogP contribution in [-0.4, -0.2) is 52.6 Å². The Bertz CT molecular complexity index is 1090. The van der Waals surface area contributed by atoms with Gasteiger partial charge in [0.25, 0.3) is 5.69 Å². The molecule has 0 unspecified atom stereocenters. The lowest BCUT2D eigenvalue weighted by atomic mass is 10.2. The van der Waals surface area contributed by atoms with Gasteiger partial charge in [-0.05, 0) is 12.1 Å². The molecule has 1 aromatic heterocycles. The van der Waals surface area contributed by atoms with Gasteiger partial charge in [-0.15, -0.1) is 11.3 Å². The summed E-state index contributed by atoms with van der Waals surface area (Å²) in [6, 6.07) is 14.6. The van der Waals surface area contributed by atoms with Crippen molar-refractivity contribution in [3.63, 3.8) is 0 Å². The van der Waals surface area contributed by atoms with E-state index in [1.165, 1.54) is 29.2 Å². The van der Waals surface area contributed by atoms with Crippen LogP contribution in [0, 0.1) is 10.1 Å². The van der Waals surface area contributed by atoms with E-state index >= 15 is 0 Å². The summed E-state index contributed by atoms with van der Waals surface area (Å²) in [4.78, 5) is 31.9. The predicted molar refractivity (Wildman–Crippen MR) is 125 cm³/mol. The highest BCUT2D eigenvalue weighted by molar-refractivity contribution is 8.01. The van der Waals surface area contributed by atoms with Crippen molar-refractivity contribution < 1.29 is 9.72 Å². The fourth-order valence-electron chi connectivity index (χ4n) is 3.39. The van der Waals surface area contributed by atoms with Crippen LogP contribution in [0.2, 0.25) is 5.02 Å². The maximum Gasteiger partial charge on any atom is 0.294 e. The summed E-state index contributed by atoms with van der Waals surface area (Å²) in [5.74, 6) is 0.370. The summed E-state index contributed by atoms with van der Waals surface area (Å²) in [5, 5.41) is 13.7. The number of rotatable bonds is 6. The summed E-state index contributed by atoms with van der Waals surface area (Å²) in [7, 11) is 0. The van der Waals surface area contributed by atoms with Gasteiger partial charge in [0.15, 0.2) is 4.34 Å². The lowest BCUT2D eigenvalue weighted by Gasteiger charge is -2.35. The van der Waals surface area contributed by atoms with Gasteiger partial charge < -0.3 is 9.80 Å². The highest BCUT2D eigenvalue weighted by Gasteiger charge is 2.26. The van der Waals surface area contributed by atoms with Crippen LogP contribution in [0.15, 0.2) is 58.3 Å². The number of nitro benzene ring substituents is 1. The van der Waals surface area contributed by atoms with Gasteiger partial charge >= 0.3 is 0 Å². The van der Waals surface area contributed by atoms with E-state index in [-0.39, 0.29) is 11.6 Å². The van der Waals surface area contributed by atoms with Gasteiger partial charge in [-0.3, -0.25) is 14.9 Å². The molecule has 0 atom stereocenters. The molecule has 2 aromatic carbocycles. The number of hydrogen-bond acceptors (Lipinski definition) is 7. The molecule has 1 fully saturated rings. The second-order valence-electron chi connectivity index (χ2n) is 6.91. The van der Waals surface area contributed by atoms with Gasteiger partial charge in [0.2, 0.25) is 5.91 Å². The molecule has 160 valence electrons. The summed E-state index contributed by atoms with van der Waals surface area (Å²) in [6.07, 6.45) is 0. The number of carbonyl (C=O) groups excluding carboxylic acids is 1. The molecule has 0 saturated carbocycles. The van der Waals surface area contributed by atoms with Crippen LogP contribution in [0.4, 0.5) is 11.4 Å². The maximum absolute atomic E-state index is 12.6. The average Bonchev–Trinajstić information content (AvgIpc) is 3.27. The molecule has 31 heavy (non-hydrogen) atoms. The van der Waals surface area contributed by atoms with Crippen LogP contribution >= 0.6 is 34.7 Å². The van der Waals surface area contributed by atoms with Crippen molar-refractivity contribution in [2.75, 3.05) is 36.8 Å². The monoisotopic (exact) mass is 474 g/mol. The molecule has 4 rings (SSSR count). The van der Waals surface area contributed by atoms with Gasteiger partial charge in [-0.1, -0.05) is 53.7 Å². The molecule has 0 aliphatic carbocycles. The first-order valence-corrected chi connectivity index (χ1v) is 11.9. The largest absolute Gasteiger partial charge is 0.362 e. The molecule has 0 radical (unpaired) electrons. The lowest BCUT2D eigenvalue weighted by molar-refractivity contribution is -0.384. The Labute approximate surface area is 192 Å². The van der Waals surface area contributed by atoms with Crippen LogP contribution < -0.4 is 4.90 Å². The number of anilines is 1. The number of benzene rings is 2. The second kappa shape index (κ2) is 9.67. The molecule has 2 heterocycles. The highest BCUT2D eigenvalue weighted by atomic mass is 35.5. The molecule has 3 aromatic rings. The summed E-state index contributed by atoms with van der Waals surface area (Å²) >= 11 is 8.88. The Kier molecular flexibility index (Phi) is 6.74. The Morgan fingerprint density at radius 1 is 1.16 bits per heavy atom. The van der Waals surface area contributed by atoms with E-state index in [0.29, 0.717) is 42.6 Å². The van der Waals surface area contributed by atoms with Gasteiger partial charge in [-0.2, -0.15) is 0 Å². The first-order chi connectivity index (χ1) is 15.0. The van der Waals surface area contributed by atoms with Gasteiger partial charge in [-0.25, -0.2) is 4.98 Å². The van der Waals surface area contributed by atoms with E-state index in [0.717, 1.165) is 15.6 Å². The maximum atomic E-state index is 12.6. The van der Waals surface area contributed by atoms with Crippen molar-refractivity contribution in [3.05, 3.63) is 69.0 Å². The number of amides is 1. The number of nitrogens with zero attached hydrogens (tertiary/aromatic N) is 4. The van der Waals surface area contributed by atoms with E-state index < -0.39 is 4.92 Å². The summed E-state index contributed by atoms with van der Waals surface area (Å²) in [5.41, 5.74) is 2.50. The molecule has 1 saturated heterocycles. The van der Waals surface area contributed by atoms with E-state index in [2.05, 4.69) is 4.98 Å². The van der Waals surface area contributed by atoms with Crippen molar-refractivity contribution in [1.29, 1.82) is 0 Å². The Hall–Kier alpha value is -2.62. The molecule has 0 spiro atoms. The van der Waals surface area contributed by atoms with Crippen LogP contribution in [0.3, 0.4) is 0 Å². The zero-order valence-corrected chi connectivity index (χ0v) is 18.8. The number of hydrogen-bond donors (Lipinski definition) is 0. The number of carbonyl (C=O) groups is 1. The SMILES string of the molecule is O=C(CSc1nc(-c2ccccc2)cs1)N1CCN(c2ccc(Cl)cc2[N+](=O)[O-])CC1. The fourth-order valence-corrected chi connectivity index (χ4v) is 5.29. The third kappa shape index (κ3) is 5.17. The molecule has 7 nitrogen and oxygen atoms in total. The van der Waals surface area contributed by atoms with E-state index in [1.807, 2.05) is 40.6 Å². The standard InChI is InChI=1S/C21H19ClN4O3S2/c22-16-6-7-18(19(12-16)26(28)29)24-8-10-25(11-9-24)20(27)14-31-21-23-17(13-30-21)15-4-2-1-3-5-15/h1-7,12-13H,8-11,14H2. The van der Waals surface area contributed by atoms with Crippen molar-refractivity contribution in [2.45, 2.75) is 4.34 Å². The lowest BCUT2D eigenvalue weighted by Crippen LogP contribution is -2.49. The molecule has 10 heteroatoms. The van der Waals surface area contributed by atoms with Gasteiger partial charge in [0, 0.05) is 48.2 Å². The Morgan fingerprint density at radius 2 is 1.90 bits per heavy atom. The molecule has 1 aliphatic heterocycles. The zero-order valence-electron chi connectivity index (χ0n) is 16.4. The molecular formula is C21H19ClN4O3S2. The average molecular weight is 475 g/mol. The number of halogens is 1. The van der Waals surface area contributed by atoms with Crippen LogP contribution in [0.5, 0.6) is 0 Å². The minimum atomic E-state index is -0.424. The van der Waals surface area contributed by atoms with Crippen molar-refractivity contribution in [1.82, 2.24) is 9.88 Å². The molecule has 0 N–H and O–H groups in total. The first kappa shape index (κ1) is 21.6. The van der Waals surface area contributed by atoms with Gasteiger partial charge in [0.05, 0.1) is 16.4 Å².